The predicted octanol–water partition coefficient (Wildman–Crippen LogP) is 1.32. The summed E-state index contributed by atoms with van der Waals surface area (Å²) in [5.74, 6) is 0.585. The lowest BCUT2D eigenvalue weighted by molar-refractivity contribution is 0.263. The van der Waals surface area contributed by atoms with Gasteiger partial charge in [-0.3, -0.25) is 4.98 Å². The van der Waals surface area contributed by atoms with Gasteiger partial charge in [0.25, 0.3) is 10.0 Å². The molecule has 0 aromatic carbocycles. The average Bonchev–Trinajstić information content (AvgIpc) is 2.95. The summed E-state index contributed by atoms with van der Waals surface area (Å²) >= 11 is 0. The molecule has 1 unspecified atom stereocenters. The molecule has 7 heteroatoms. The van der Waals surface area contributed by atoms with Gasteiger partial charge in [0.1, 0.15) is 5.76 Å². The van der Waals surface area contributed by atoms with Gasteiger partial charge in [-0.25, -0.2) is 8.42 Å². The maximum atomic E-state index is 12.8. The molecule has 0 amide bonds. The maximum Gasteiger partial charge on any atom is 0.277 e. The number of pyridine rings is 1. The summed E-state index contributed by atoms with van der Waals surface area (Å²) < 4.78 is 32.3. The first-order valence-corrected chi connectivity index (χ1v) is 8.22. The Morgan fingerprint density at radius 1 is 1.38 bits per heavy atom. The Hall–Kier alpha value is -1.70. The van der Waals surface area contributed by atoms with Gasteiger partial charge in [-0.2, -0.15) is 4.31 Å². The van der Waals surface area contributed by atoms with Crippen molar-refractivity contribution in [3.8, 4) is 0 Å². The number of furan rings is 1. The molecule has 1 atom stereocenters. The Morgan fingerprint density at radius 2 is 2.24 bits per heavy atom. The predicted molar refractivity (Wildman–Crippen MR) is 77.2 cm³/mol. The third-order valence-corrected chi connectivity index (χ3v) is 5.32. The first-order chi connectivity index (χ1) is 10.1. The first kappa shape index (κ1) is 14.2. The number of piperazine rings is 1. The Bertz CT molecular complexity index is 712. The Balaban J connectivity index is 1.98. The van der Waals surface area contributed by atoms with E-state index in [9.17, 15) is 8.42 Å². The molecule has 3 heterocycles. The summed E-state index contributed by atoms with van der Waals surface area (Å²) in [6, 6.07) is 6.59. The van der Waals surface area contributed by atoms with E-state index in [-0.39, 0.29) is 11.1 Å². The summed E-state index contributed by atoms with van der Waals surface area (Å²) in [6.07, 6.45) is 3.38. The molecule has 1 aliphatic rings. The van der Waals surface area contributed by atoms with Gasteiger partial charge in [-0.15, -0.1) is 0 Å². The van der Waals surface area contributed by atoms with Crippen LogP contribution in [0.5, 0.6) is 0 Å². The van der Waals surface area contributed by atoms with Gasteiger partial charge in [-0.1, -0.05) is 6.07 Å². The maximum absolute atomic E-state index is 12.8. The molecular weight excluding hydrogens is 290 g/mol. The molecule has 2 aromatic heterocycles. The second kappa shape index (κ2) is 5.59. The molecule has 1 saturated heterocycles. The highest BCUT2D eigenvalue weighted by Crippen LogP contribution is 2.29. The molecule has 0 spiro atoms. The largest absolute Gasteiger partial charge is 0.449 e. The van der Waals surface area contributed by atoms with Crippen LogP contribution in [-0.4, -0.2) is 37.3 Å². The number of aryl methyl sites for hydroxylation is 1. The van der Waals surface area contributed by atoms with Crippen LogP contribution in [0.3, 0.4) is 0 Å². The fourth-order valence-electron chi connectivity index (χ4n) is 2.50. The molecule has 0 radical (unpaired) electrons. The standard InChI is InChI=1S/C14H17N3O3S/c1-11-4-5-14(20-11)21(18,19)17-8-7-16-10-13(17)12-3-2-6-15-9-12/h2-6,9,13,16H,7-8,10H2,1H3. The zero-order valence-electron chi connectivity index (χ0n) is 11.7. The van der Waals surface area contributed by atoms with Crippen molar-refractivity contribution in [2.75, 3.05) is 19.6 Å². The molecule has 0 saturated carbocycles. The van der Waals surface area contributed by atoms with Crippen molar-refractivity contribution < 1.29 is 12.8 Å². The van der Waals surface area contributed by atoms with Crippen molar-refractivity contribution in [1.29, 1.82) is 0 Å². The average molecular weight is 307 g/mol. The number of nitrogens with one attached hydrogen (secondary N) is 1. The van der Waals surface area contributed by atoms with E-state index in [0.717, 1.165) is 5.56 Å². The zero-order valence-corrected chi connectivity index (χ0v) is 12.5. The van der Waals surface area contributed by atoms with Crippen LogP contribution in [0.1, 0.15) is 17.4 Å². The van der Waals surface area contributed by atoms with Crippen molar-refractivity contribution in [2.45, 2.75) is 18.1 Å². The summed E-state index contributed by atoms with van der Waals surface area (Å²) in [4.78, 5) is 4.08. The van der Waals surface area contributed by atoms with Crippen LogP contribution >= 0.6 is 0 Å². The minimum atomic E-state index is -3.64. The third kappa shape index (κ3) is 2.72. The molecule has 0 aliphatic carbocycles. The second-order valence-electron chi connectivity index (χ2n) is 4.99. The number of rotatable bonds is 3. The van der Waals surface area contributed by atoms with Crippen molar-refractivity contribution in [1.82, 2.24) is 14.6 Å². The second-order valence-corrected chi connectivity index (χ2v) is 6.81. The van der Waals surface area contributed by atoms with E-state index in [2.05, 4.69) is 10.3 Å². The minimum Gasteiger partial charge on any atom is -0.449 e. The van der Waals surface area contributed by atoms with Crippen LogP contribution < -0.4 is 5.32 Å². The normalized spacial score (nSPS) is 20.5. The third-order valence-electron chi connectivity index (χ3n) is 3.54. The lowest BCUT2D eigenvalue weighted by Gasteiger charge is -2.34. The highest BCUT2D eigenvalue weighted by atomic mass is 32.2. The quantitative estimate of drug-likeness (QED) is 0.925. The summed E-state index contributed by atoms with van der Waals surface area (Å²) in [6.45, 7) is 3.32. The monoisotopic (exact) mass is 307 g/mol. The molecule has 1 aliphatic heterocycles. The Kier molecular flexibility index (Phi) is 3.79. The van der Waals surface area contributed by atoms with E-state index in [4.69, 9.17) is 4.42 Å². The van der Waals surface area contributed by atoms with E-state index in [1.807, 2.05) is 12.1 Å². The number of aromatic nitrogens is 1. The summed E-state index contributed by atoms with van der Waals surface area (Å²) in [5, 5.41) is 3.22. The number of sulfonamides is 1. The molecule has 112 valence electrons. The van der Waals surface area contributed by atoms with Gasteiger partial charge in [0.2, 0.25) is 5.09 Å². The molecule has 0 bridgehead atoms. The molecule has 1 fully saturated rings. The van der Waals surface area contributed by atoms with Gasteiger partial charge in [0, 0.05) is 32.0 Å². The lowest BCUT2D eigenvalue weighted by atomic mass is 10.1. The van der Waals surface area contributed by atoms with Crippen LogP contribution in [0.15, 0.2) is 46.2 Å². The van der Waals surface area contributed by atoms with Crippen molar-refractivity contribution >= 4 is 10.0 Å². The topological polar surface area (TPSA) is 75.4 Å². The fourth-order valence-corrected chi connectivity index (χ4v) is 4.07. The zero-order chi connectivity index (χ0) is 14.9. The fraction of sp³-hybridized carbons (Fsp3) is 0.357. The SMILES string of the molecule is Cc1ccc(S(=O)(=O)N2CCNCC2c2cccnc2)o1. The summed E-state index contributed by atoms with van der Waals surface area (Å²) in [7, 11) is -3.64. The smallest absolute Gasteiger partial charge is 0.277 e. The van der Waals surface area contributed by atoms with Crippen LogP contribution in [0.4, 0.5) is 0 Å². The number of nitrogens with zero attached hydrogens (tertiary/aromatic N) is 2. The van der Waals surface area contributed by atoms with E-state index >= 15 is 0 Å². The number of hydrogen-bond acceptors (Lipinski definition) is 5. The highest BCUT2D eigenvalue weighted by Gasteiger charge is 2.36. The Labute approximate surface area is 123 Å². The van der Waals surface area contributed by atoms with Gasteiger partial charge >= 0.3 is 0 Å². The molecule has 3 rings (SSSR count). The van der Waals surface area contributed by atoms with Crippen LogP contribution in [-0.2, 0) is 10.0 Å². The van der Waals surface area contributed by atoms with Gasteiger partial charge < -0.3 is 9.73 Å². The molecule has 2 aromatic rings. The molecular formula is C14H17N3O3S. The minimum absolute atomic E-state index is 0.00390. The van der Waals surface area contributed by atoms with E-state index in [1.165, 1.54) is 10.4 Å². The molecule has 1 N–H and O–H groups in total. The van der Waals surface area contributed by atoms with Gasteiger partial charge in [0.15, 0.2) is 0 Å². The lowest BCUT2D eigenvalue weighted by Crippen LogP contribution is -2.48. The van der Waals surface area contributed by atoms with Gasteiger partial charge in [0.05, 0.1) is 6.04 Å². The molecule has 6 nitrogen and oxygen atoms in total. The molecule has 21 heavy (non-hydrogen) atoms. The number of hydrogen-bond donors (Lipinski definition) is 1. The van der Waals surface area contributed by atoms with Crippen molar-refractivity contribution in [3.05, 3.63) is 48.0 Å². The highest BCUT2D eigenvalue weighted by molar-refractivity contribution is 7.89. The Morgan fingerprint density at radius 3 is 2.90 bits per heavy atom. The van der Waals surface area contributed by atoms with Crippen LogP contribution in [0.25, 0.3) is 0 Å². The van der Waals surface area contributed by atoms with Crippen LogP contribution in [0.2, 0.25) is 0 Å². The van der Waals surface area contributed by atoms with Gasteiger partial charge in [-0.05, 0) is 30.7 Å². The van der Waals surface area contributed by atoms with E-state index in [1.54, 1.807) is 25.4 Å². The first-order valence-electron chi connectivity index (χ1n) is 6.78. The van der Waals surface area contributed by atoms with Crippen molar-refractivity contribution in [3.63, 3.8) is 0 Å². The van der Waals surface area contributed by atoms with Crippen LogP contribution in [0, 0.1) is 6.92 Å². The van der Waals surface area contributed by atoms with E-state index in [0.29, 0.717) is 25.4 Å². The van der Waals surface area contributed by atoms with E-state index < -0.39 is 10.0 Å². The van der Waals surface area contributed by atoms with Crippen molar-refractivity contribution in [2.24, 2.45) is 0 Å². The summed E-state index contributed by atoms with van der Waals surface area (Å²) in [5.41, 5.74) is 0.872.